The minimum absolute atomic E-state index is 0.0629. The molecule has 18 heavy (non-hydrogen) atoms. The average Bonchev–Trinajstić information content (AvgIpc) is 2.97. The van der Waals surface area contributed by atoms with E-state index >= 15 is 0 Å². The fourth-order valence-electron chi connectivity index (χ4n) is 2.58. The second kappa shape index (κ2) is 4.72. The smallest absolute Gasteiger partial charge is 0.264 e. The van der Waals surface area contributed by atoms with E-state index in [9.17, 15) is 8.78 Å². The zero-order valence-corrected chi connectivity index (χ0v) is 9.92. The summed E-state index contributed by atoms with van der Waals surface area (Å²) in [7, 11) is 0. The van der Waals surface area contributed by atoms with Crippen LogP contribution in [0.3, 0.4) is 0 Å². The Morgan fingerprint density at radius 1 is 1.28 bits per heavy atom. The van der Waals surface area contributed by atoms with Crippen molar-refractivity contribution in [3.8, 4) is 11.5 Å². The standard InChI is InChI=1S/C13H15F2NO2/c14-13(15)10-6-12-11(17-7-18-12)5-8(10)4-9-2-1-3-16-9/h5-6,9,13,16H,1-4,7H2. The van der Waals surface area contributed by atoms with Gasteiger partial charge in [0.1, 0.15) is 0 Å². The van der Waals surface area contributed by atoms with Crippen LogP contribution >= 0.6 is 0 Å². The summed E-state index contributed by atoms with van der Waals surface area (Å²) in [6, 6.07) is 3.41. The van der Waals surface area contributed by atoms with Gasteiger partial charge in [-0.2, -0.15) is 0 Å². The Hall–Kier alpha value is -1.36. The number of fused-ring (bicyclic) bond motifs is 1. The van der Waals surface area contributed by atoms with Crippen LogP contribution in [-0.2, 0) is 6.42 Å². The normalized spacial score (nSPS) is 21.8. The Morgan fingerprint density at radius 2 is 2.06 bits per heavy atom. The monoisotopic (exact) mass is 255 g/mol. The largest absolute Gasteiger partial charge is 0.454 e. The van der Waals surface area contributed by atoms with Gasteiger partial charge in [0.15, 0.2) is 11.5 Å². The van der Waals surface area contributed by atoms with Crippen molar-refractivity contribution in [2.45, 2.75) is 31.7 Å². The summed E-state index contributed by atoms with van der Waals surface area (Å²) in [4.78, 5) is 0. The maximum atomic E-state index is 13.1. The van der Waals surface area contributed by atoms with Crippen molar-refractivity contribution >= 4 is 0 Å². The summed E-state index contributed by atoms with van der Waals surface area (Å²) in [5.41, 5.74) is 0.724. The van der Waals surface area contributed by atoms with E-state index in [-0.39, 0.29) is 12.4 Å². The number of alkyl halides is 2. The van der Waals surface area contributed by atoms with Crippen molar-refractivity contribution in [2.75, 3.05) is 13.3 Å². The van der Waals surface area contributed by atoms with E-state index in [1.807, 2.05) is 0 Å². The van der Waals surface area contributed by atoms with E-state index in [0.29, 0.717) is 29.5 Å². The molecule has 1 N–H and O–H groups in total. The van der Waals surface area contributed by atoms with Gasteiger partial charge in [0.05, 0.1) is 0 Å². The maximum Gasteiger partial charge on any atom is 0.264 e. The highest BCUT2D eigenvalue weighted by Gasteiger charge is 2.24. The van der Waals surface area contributed by atoms with Gasteiger partial charge in [-0.15, -0.1) is 0 Å². The van der Waals surface area contributed by atoms with Crippen LogP contribution in [0.5, 0.6) is 11.5 Å². The van der Waals surface area contributed by atoms with Crippen LogP contribution in [0, 0.1) is 0 Å². The first kappa shape index (κ1) is 11.7. The first-order valence-corrected chi connectivity index (χ1v) is 6.18. The Balaban J connectivity index is 1.90. The van der Waals surface area contributed by atoms with Crippen molar-refractivity contribution in [3.05, 3.63) is 23.3 Å². The Morgan fingerprint density at radius 3 is 2.72 bits per heavy atom. The molecule has 2 heterocycles. The fraction of sp³-hybridized carbons (Fsp3) is 0.538. The van der Waals surface area contributed by atoms with Gasteiger partial charge in [-0.3, -0.25) is 0 Å². The second-order valence-corrected chi connectivity index (χ2v) is 4.70. The third-order valence-electron chi connectivity index (χ3n) is 3.50. The van der Waals surface area contributed by atoms with Crippen LogP contribution in [0.25, 0.3) is 0 Å². The van der Waals surface area contributed by atoms with Gasteiger partial charge in [-0.25, -0.2) is 8.78 Å². The molecule has 2 aliphatic heterocycles. The molecule has 1 aromatic carbocycles. The highest BCUT2D eigenvalue weighted by molar-refractivity contribution is 5.49. The molecule has 0 amide bonds. The maximum absolute atomic E-state index is 13.1. The van der Waals surface area contributed by atoms with Crippen molar-refractivity contribution < 1.29 is 18.3 Å². The zero-order chi connectivity index (χ0) is 12.5. The van der Waals surface area contributed by atoms with Crippen LogP contribution in [0.15, 0.2) is 12.1 Å². The average molecular weight is 255 g/mol. The van der Waals surface area contributed by atoms with Crippen molar-refractivity contribution in [3.63, 3.8) is 0 Å². The third-order valence-corrected chi connectivity index (χ3v) is 3.50. The molecule has 0 saturated carbocycles. The molecule has 0 bridgehead atoms. The lowest BCUT2D eigenvalue weighted by atomic mass is 9.98. The number of hydrogen-bond acceptors (Lipinski definition) is 3. The molecule has 98 valence electrons. The van der Waals surface area contributed by atoms with Crippen LogP contribution in [0.2, 0.25) is 0 Å². The zero-order valence-electron chi connectivity index (χ0n) is 9.92. The van der Waals surface area contributed by atoms with Crippen LogP contribution in [0.4, 0.5) is 8.78 Å². The molecule has 0 radical (unpaired) electrons. The Kier molecular flexibility index (Phi) is 3.07. The van der Waals surface area contributed by atoms with Gasteiger partial charge in [0.2, 0.25) is 6.79 Å². The van der Waals surface area contributed by atoms with Crippen LogP contribution in [0.1, 0.15) is 30.4 Å². The lowest BCUT2D eigenvalue weighted by Gasteiger charge is -2.14. The number of benzene rings is 1. The van der Waals surface area contributed by atoms with E-state index in [1.165, 1.54) is 6.07 Å². The van der Waals surface area contributed by atoms with Gasteiger partial charge < -0.3 is 14.8 Å². The lowest BCUT2D eigenvalue weighted by molar-refractivity contribution is 0.149. The van der Waals surface area contributed by atoms with Crippen LogP contribution in [-0.4, -0.2) is 19.4 Å². The molecule has 0 spiro atoms. The quantitative estimate of drug-likeness (QED) is 0.900. The molecule has 1 aromatic rings. The van der Waals surface area contributed by atoms with E-state index in [1.54, 1.807) is 6.07 Å². The fourth-order valence-corrected chi connectivity index (χ4v) is 2.58. The molecule has 1 unspecified atom stereocenters. The molecule has 0 aromatic heterocycles. The summed E-state index contributed by atoms with van der Waals surface area (Å²) in [5, 5.41) is 3.32. The summed E-state index contributed by atoms with van der Waals surface area (Å²) in [6.07, 6.45) is 0.294. The minimum atomic E-state index is -2.48. The first-order chi connectivity index (χ1) is 8.74. The summed E-state index contributed by atoms with van der Waals surface area (Å²) < 4.78 is 36.5. The molecule has 5 heteroatoms. The van der Waals surface area contributed by atoms with Gasteiger partial charge in [0, 0.05) is 11.6 Å². The summed E-state index contributed by atoms with van der Waals surface area (Å²) in [6.45, 7) is 1.09. The Bertz CT molecular complexity index is 445. The number of ether oxygens (including phenoxy) is 2. The molecular formula is C13H15F2NO2. The number of halogens is 2. The van der Waals surface area contributed by atoms with Crippen LogP contribution < -0.4 is 14.8 Å². The van der Waals surface area contributed by atoms with Crippen molar-refractivity contribution in [1.29, 1.82) is 0 Å². The van der Waals surface area contributed by atoms with Crippen molar-refractivity contribution in [2.24, 2.45) is 0 Å². The molecule has 3 nitrogen and oxygen atoms in total. The van der Waals surface area contributed by atoms with Gasteiger partial charge in [-0.1, -0.05) is 0 Å². The molecule has 0 aliphatic carbocycles. The lowest BCUT2D eigenvalue weighted by Crippen LogP contribution is -2.24. The molecule has 1 saturated heterocycles. The highest BCUT2D eigenvalue weighted by Crippen LogP contribution is 2.38. The molecule has 2 aliphatic rings. The van der Waals surface area contributed by atoms with E-state index in [4.69, 9.17) is 9.47 Å². The first-order valence-electron chi connectivity index (χ1n) is 6.18. The predicted molar refractivity (Wildman–Crippen MR) is 62.3 cm³/mol. The molecular weight excluding hydrogens is 240 g/mol. The second-order valence-electron chi connectivity index (χ2n) is 4.70. The molecule has 1 fully saturated rings. The SMILES string of the molecule is FC(F)c1cc2c(cc1CC1CCCN1)OCO2. The molecule has 1 atom stereocenters. The number of hydrogen-bond donors (Lipinski definition) is 1. The number of rotatable bonds is 3. The van der Waals surface area contributed by atoms with Gasteiger partial charge >= 0.3 is 0 Å². The summed E-state index contributed by atoms with van der Waals surface area (Å²) >= 11 is 0. The Labute approximate surface area is 104 Å². The van der Waals surface area contributed by atoms with E-state index in [2.05, 4.69) is 5.32 Å². The molecule has 3 rings (SSSR count). The third kappa shape index (κ3) is 2.14. The van der Waals surface area contributed by atoms with E-state index in [0.717, 1.165) is 19.4 Å². The van der Waals surface area contributed by atoms with Crippen molar-refractivity contribution in [1.82, 2.24) is 5.32 Å². The number of nitrogens with one attached hydrogen (secondary N) is 1. The topological polar surface area (TPSA) is 30.5 Å². The van der Waals surface area contributed by atoms with E-state index < -0.39 is 6.43 Å². The summed E-state index contributed by atoms with van der Waals surface area (Å²) in [5.74, 6) is 1.00. The predicted octanol–water partition coefficient (Wildman–Crippen LogP) is 2.65. The van der Waals surface area contributed by atoms with Gasteiger partial charge in [0.25, 0.3) is 6.43 Å². The highest BCUT2D eigenvalue weighted by atomic mass is 19.3. The minimum Gasteiger partial charge on any atom is -0.454 e. The van der Waals surface area contributed by atoms with Gasteiger partial charge in [-0.05, 0) is 43.5 Å².